The zero-order chi connectivity index (χ0) is 17.8. The highest BCUT2D eigenvalue weighted by molar-refractivity contribution is 5.96. The molecule has 0 radical (unpaired) electrons. The van der Waals surface area contributed by atoms with E-state index < -0.39 is 10.9 Å². The van der Waals surface area contributed by atoms with Crippen molar-refractivity contribution in [2.45, 2.75) is 6.61 Å². The fraction of sp³-hybridized carbons (Fsp3) is 0.111. The summed E-state index contributed by atoms with van der Waals surface area (Å²) in [5, 5.41) is 15.0. The molecule has 25 heavy (non-hydrogen) atoms. The number of benzene rings is 2. The van der Waals surface area contributed by atoms with Crippen LogP contribution in [0.2, 0.25) is 0 Å². The van der Waals surface area contributed by atoms with Crippen molar-refractivity contribution in [2.24, 2.45) is 7.05 Å². The van der Waals surface area contributed by atoms with Crippen LogP contribution in [-0.4, -0.2) is 20.7 Å². The van der Waals surface area contributed by atoms with Crippen LogP contribution in [-0.2, 0) is 18.4 Å². The molecule has 0 aliphatic carbocycles. The summed E-state index contributed by atoms with van der Waals surface area (Å²) in [6.07, 6.45) is 1.57. The fourth-order valence-corrected chi connectivity index (χ4v) is 2.39. The van der Waals surface area contributed by atoms with E-state index in [1.807, 2.05) is 30.3 Å². The van der Waals surface area contributed by atoms with Crippen LogP contribution in [0.15, 0.2) is 60.8 Å². The summed E-state index contributed by atoms with van der Waals surface area (Å²) in [6.45, 7) is 0.161. The molecule has 3 aromatic rings. The van der Waals surface area contributed by atoms with E-state index in [-0.39, 0.29) is 12.3 Å². The molecule has 0 saturated carbocycles. The van der Waals surface area contributed by atoms with Gasteiger partial charge in [0.25, 0.3) is 5.69 Å². The van der Waals surface area contributed by atoms with Gasteiger partial charge in [0.1, 0.15) is 17.9 Å². The second-order valence-corrected chi connectivity index (χ2v) is 5.43. The smallest absolute Gasteiger partial charge is 0.342 e. The van der Waals surface area contributed by atoms with Gasteiger partial charge in [0, 0.05) is 30.9 Å². The highest BCUT2D eigenvalue weighted by Crippen LogP contribution is 2.25. The topological polar surface area (TPSA) is 87.3 Å². The van der Waals surface area contributed by atoms with Crippen LogP contribution in [0.3, 0.4) is 0 Å². The Balaban J connectivity index is 1.82. The van der Waals surface area contributed by atoms with Crippen molar-refractivity contribution < 1.29 is 14.5 Å². The molecule has 7 heteroatoms. The van der Waals surface area contributed by atoms with Crippen molar-refractivity contribution in [2.75, 3.05) is 0 Å². The molecule has 0 atom stereocenters. The highest BCUT2D eigenvalue weighted by atomic mass is 16.6. The number of nitrogens with zero attached hydrogens (tertiary/aromatic N) is 3. The third-order valence-electron chi connectivity index (χ3n) is 3.61. The van der Waals surface area contributed by atoms with Crippen LogP contribution in [0.4, 0.5) is 5.69 Å². The molecule has 3 rings (SSSR count). The lowest BCUT2D eigenvalue weighted by atomic mass is 10.1. The number of aromatic nitrogens is 2. The maximum Gasteiger partial charge on any atom is 0.342 e. The molecule has 0 fully saturated rings. The van der Waals surface area contributed by atoms with E-state index in [9.17, 15) is 14.9 Å². The lowest BCUT2D eigenvalue weighted by Crippen LogP contribution is -2.05. The van der Waals surface area contributed by atoms with E-state index in [0.29, 0.717) is 16.8 Å². The lowest BCUT2D eigenvalue weighted by Gasteiger charge is -2.05. The summed E-state index contributed by atoms with van der Waals surface area (Å²) in [5.74, 6) is -0.495. The molecular formula is C18H15N3O4. The van der Waals surface area contributed by atoms with E-state index in [2.05, 4.69) is 5.10 Å². The lowest BCUT2D eigenvalue weighted by molar-refractivity contribution is -0.384. The summed E-state index contributed by atoms with van der Waals surface area (Å²) < 4.78 is 6.86. The van der Waals surface area contributed by atoms with Gasteiger partial charge in [-0.2, -0.15) is 5.10 Å². The van der Waals surface area contributed by atoms with Crippen molar-refractivity contribution in [1.82, 2.24) is 9.78 Å². The Hall–Kier alpha value is -3.48. The normalized spacial score (nSPS) is 10.4. The average molecular weight is 337 g/mol. The average Bonchev–Trinajstić information content (AvgIpc) is 3.02. The Morgan fingerprint density at radius 2 is 1.84 bits per heavy atom. The summed E-state index contributed by atoms with van der Waals surface area (Å²) >= 11 is 0. The Morgan fingerprint density at radius 3 is 2.48 bits per heavy atom. The molecule has 1 heterocycles. The Bertz CT molecular complexity index is 902. The molecule has 0 aliphatic heterocycles. The predicted molar refractivity (Wildman–Crippen MR) is 90.9 cm³/mol. The number of hydrogen-bond donors (Lipinski definition) is 0. The minimum atomic E-state index is -0.495. The summed E-state index contributed by atoms with van der Waals surface area (Å²) in [5.41, 5.74) is 2.21. The predicted octanol–water partition coefficient (Wildman–Crippen LogP) is 3.35. The quantitative estimate of drug-likeness (QED) is 0.405. The van der Waals surface area contributed by atoms with Gasteiger partial charge in [0.15, 0.2) is 0 Å². The molecule has 0 N–H and O–H groups in total. The van der Waals surface area contributed by atoms with E-state index in [1.54, 1.807) is 25.4 Å². The summed E-state index contributed by atoms with van der Waals surface area (Å²) in [6, 6.07) is 15.3. The molecule has 2 aromatic carbocycles. The monoisotopic (exact) mass is 337 g/mol. The van der Waals surface area contributed by atoms with Crippen molar-refractivity contribution in [1.29, 1.82) is 0 Å². The molecule has 126 valence electrons. The zero-order valence-corrected chi connectivity index (χ0v) is 13.5. The van der Waals surface area contributed by atoms with Crippen LogP contribution >= 0.6 is 0 Å². The van der Waals surface area contributed by atoms with E-state index in [4.69, 9.17) is 4.74 Å². The first-order valence-corrected chi connectivity index (χ1v) is 7.54. The van der Waals surface area contributed by atoms with Gasteiger partial charge in [-0.3, -0.25) is 14.8 Å². The maximum absolute atomic E-state index is 12.4. The van der Waals surface area contributed by atoms with Crippen LogP contribution in [0, 0.1) is 10.1 Å². The first kappa shape index (κ1) is 16.4. The van der Waals surface area contributed by atoms with Crippen molar-refractivity contribution in [3.05, 3.63) is 82.0 Å². The molecule has 7 nitrogen and oxygen atoms in total. The van der Waals surface area contributed by atoms with Crippen LogP contribution in [0.1, 0.15) is 15.9 Å². The molecule has 0 unspecified atom stereocenters. The zero-order valence-electron chi connectivity index (χ0n) is 13.5. The maximum atomic E-state index is 12.4. The van der Waals surface area contributed by atoms with Gasteiger partial charge in [0.05, 0.1) is 4.92 Å². The number of hydrogen-bond acceptors (Lipinski definition) is 5. The molecule has 0 spiro atoms. The second kappa shape index (κ2) is 6.96. The van der Waals surface area contributed by atoms with Gasteiger partial charge in [-0.1, -0.05) is 30.3 Å². The summed E-state index contributed by atoms with van der Waals surface area (Å²) in [7, 11) is 1.70. The standard InChI is InChI=1S/C18H15N3O4/c1-20-11-16(18(22)25-12-13-5-3-2-4-6-13)17(19-20)14-7-9-15(10-8-14)21(23)24/h2-11H,12H2,1H3. The molecule has 0 bridgehead atoms. The van der Waals surface area contributed by atoms with E-state index in [0.717, 1.165) is 5.56 Å². The van der Waals surface area contributed by atoms with Crippen LogP contribution < -0.4 is 0 Å². The SMILES string of the molecule is Cn1cc(C(=O)OCc2ccccc2)c(-c2ccc([N+](=O)[O-])cc2)n1. The number of rotatable bonds is 5. The molecule has 0 saturated heterocycles. The molecule has 0 aliphatic rings. The number of non-ortho nitro benzene ring substituents is 1. The molecule has 0 amide bonds. The number of aryl methyl sites for hydroxylation is 1. The number of nitro groups is 1. The van der Waals surface area contributed by atoms with Crippen molar-refractivity contribution >= 4 is 11.7 Å². The minimum Gasteiger partial charge on any atom is -0.457 e. The van der Waals surface area contributed by atoms with Gasteiger partial charge >= 0.3 is 5.97 Å². The summed E-state index contributed by atoms with van der Waals surface area (Å²) in [4.78, 5) is 22.7. The number of carbonyl (C=O) groups is 1. The van der Waals surface area contributed by atoms with Crippen LogP contribution in [0.25, 0.3) is 11.3 Å². The largest absolute Gasteiger partial charge is 0.457 e. The number of nitro benzene ring substituents is 1. The Labute approximate surface area is 143 Å². The van der Waals surface area contributed by atoms with Crippen LogP contribution in [0.5, 0.6) is 0 Å². The second-order valence-electron chi connectivity index (χ2n) is 5.43. The highest BCUT2D eigenvalue weighted by Gasteiger charge is 2.19. The van der Waals surface area contributed by atoms with Gasteiger partial charge in [-0.15, -0.1) is 0 Å². The van der Waals surface area contributed by atoms with Crippen molar-refractivity contribution in [3.63, 3.8) is 0 Å². The third kappa shape index (κ3) is 3.72. The van der Waals surface area contributed by atoms with Crippen molar-refractivity contribution in [3.8, 4) is 11.3 Å². The van der Waals surface area contributed by atoms with Gasteiger partial charge in [0.2, 0.25) is 0 Å². The number of carbonyl (C=O) groups excluding carboxylic acids is 1. The fourth-order valence-electron chi connectivity index (χ4n) is 2.39. The van der Waals surface area contributed by atoms with E-state index >= 15 is 0 Å². The number of esters is 1. The first-order chi connectivity index (χ1) is 12.0. The Kier molecular flexibility index (Phi) is 4.56. The number of ether oxygens (including phenoxy) is 1. The van der Waals surface area contributed by atoms with Gasteiger partial charge < -0.3 is 4.74 Å². The van der Waals surface area contributed by atoms with Gasteiger partial charge in [-0.25, -0.2) is 4.79 Å². The minimum absolute atomic E-state index is 0.0205. The molecular weight excluding hydrogens is 322 g/mol. The van der Waals surface area contributed by atoms with E-state index in [1.165, 1.54) is 16.8 Å². The molecule has 1 aromatic heterocycles. The first-order valence-electron chi connectivity index (χ1n) is 7.54. The third-order valence-corrected chi connectivity index (χ3v) is 3.61. The Morgan fingerprint density at radius 1 is 1.16 bits per heavy atom. The van der Waals surface area contributed by atoms with Gasteiger partial charge in [-0.05, 0) is 17.7 Å².